The number of aryl methyl sites for hydroxylation is 1. The molecule has 1 atom stereocenters. The van der Waals surface area contributed by atoms with E-state index < -0.39 is 0 Å². The largest absolute Gasteiger partial charge is 0.349 e. The van der Waals surface area contributed by atoms with Crippen LogP contribution in [0.3, 0.4) is 0 Å². The lowest BCUT2D eigenvalue weighted by Gasteiger charge is -2.14. The molecule has 18 heavy (non-hydrogen) atoms. The van der Waals surface area contributed by atoms with Crippen molar-refractivity contribution in [3.8, 4) is 0 Å². The number of hydrogen-bond acceptors (Lipinski definition) is 2. The first-order chi connectivity index (χ1) is 8.75. The van der Waals surface area contributed by atoms with E-state index in [0.29, 0.717) is 6.04 Å². The van der Waals surface area contributed by atoms with E-state index in [-0.39, 0.29) is 0 Å². The van der Waals surface area contributed by atoms with Gasteiger partial charge in [-0.2, -0.15) is 0 Å². The van der Waals surface area contributed by atoms with Gasteiger partial charge in [0, 0.05) is 29.3 Å². The van der Waals surface area contributed by atoms with Crippen LogP contribution in [0.15, 0.2) is 41.1 Å². The maximum Gasteiger partial charge on any atom is 0.106 e. The van der Waals surface area contributed by atoms with Crippen LogP contribution in [-0.2, 0) is 6.42 Å². The topological polar surface area (TPSA) is 40.7 Å². The second-order valence-corrected chi connectivity index (χ2v) is 5.29. The molecule has 96 valence electrons. The van der Waals surface area contributed by atoms with Crippen molar-refractivity contribution in [2.24, 2.45) is 0 Å². The number of hydrogen-bond donors (Lipinski definition) is 2. The van der Waals surface area contributed by atoms with Gasteiger partial charge in [0.1, 0.15) is 5.82 Å². The molecule has 3 nitrogen and oxygen atoms in total. The molecule has 0 aliphatic rings. The third-order valence-corrected chi connectivity index (χ3v) is 3.44. The van der Waals surface area contributed by atoms with E-state index in [1.165, 1.54) is 5.56 Å². The van der Waals surface area contributed by atoms with Crippen molar-refractivity contribution in [2.45, 2.75) is 25.8 Å². The van der Waals surface area contributed by atoms with Gasteiger partial charge in [-0.1, -0.05) is 28.1 Å². The summed E-state index contributed by atoms with van der Waals surface area (Å²) < 4.78 is 1.13. The molecule has 0 amide bonds. The van der Waals surface area contributed by atoms with E-state index in [0.717, 1.165) is 29.7 Å². The highest BCUT2D eigenvalue weighted by atomic mass is 79.9. The van der Waals surface area contributed by atoms with E-state index in [1.54, 1.807) is 6.20 Å². The zero-order valence-electron chi connectivity index (χ0n) is 10.5. The van der Waals surface area contributed by atoms with Crippen molar-refractivity contribution < 1.29 is 0 Å². The minimum Gasteiger partial charge on any atom is -0.349 e. The highest BCUT2D eigenvalue weighted by molar-refractivity contribution is 9.10. The summed E-state index contributed by atoms with van der Waals surface area (Å²) >= 11 is 3.50. The minimum absolute atomic E-state index is 0.374. The third kappa shape index (κ3) is 3.96. The van der Waals surface area contributed by atoms with Crippen molar-refractivity contribution >= 4 is 15.9 Å². The molecule has 0 bridgehead atoms. The van der Waals surface area contributed by atoms with Crippen LogP contribution >= 0.6 is 15.9 Å². The molecular formula is C14H18BrN3. The van der Waals surface area contributed by atoms with Crippen molar-refractivity contribution in [1.29, 1.82) is 0 Å². The summed E-state index contributed by atoms with van der Waals surface area (Å²) in [7, 11) is 0. The molecular weight excluding hydrogens is 290 g/mol. The number of H-pyrrole nitrogens is 1. The quantitative estimate of drug-likeness (QED) is 0.802. The Bertz CT molecular complexity index is 468. The summed E-state index contributed by atoms with van der Waals surface area (Å²) in [6.07, 6.45) is 5.75. The fraction of sp³-hybridized carbons (Fsp3) is 0.357. The minimum atomic E-state index is 0.374. The zero-order chi connectivity index (χ0) is 12.8. The summed E-state index contributed by atoms with van der Waals surface area (Å²) in [5, 5.41) is 3.53. The molecule has 0 radical (unpaired) electrons. The Morgan fingerprint density at radius 3 is 3.06 bits per heavy atom. The van der Waals surface area contributed by atoms with Crippen LogP contribution in [-0.4, -0.2) is 16.5 Å². The average Bonchev–Trinajstić information content (AvgIpc) is 2.87. The molecule has 1 heterocycles. The Balaban J connectivity index is 1.73. The first-order valence-corrected chi connectivity index (χ1v) is 7.02. The molecule has 0 saturated heterocycles. The number of rotatable bonds is 6. The number of aromatic amines is 1. The predicted octanol–water partition coefficient (Wildman–Crippen LogP) is 3.46. The van der Waals surface area contributed by atoms with E-state index >= 15 is 0 Å². The number of imidazole rings is 1. The molecule has 0 saturated carbocycles. The van der Waals surface area contributed by atoms with Gasteiger partial charge in [-0.05, 0) is 37.6 Å². The van der Waals surface area contributed by atoms with Crippen LogP contribution < -0.4 is 5.32 Å². The molecule has 2 N–H and O–H groups in total. The normalized spacial score (nSPS) is 12.6. The summed E-state index contributed by atoms with van der Waals surface area (Å²) in [5.41, 5.74) is 1.31. The molecule has 4 heteroatoms. The summed E-state index contributed by atoms with van der Waals surface area (Å²) in [4.78, 5) is 7.33. The molecule has 1 aromatic carbocycles. The Kier molecular flexibility index (Phi) is 4.96. The van der Waals surface area contributed by atoms with Crippen molar-refractivity contribution in [3.63, 3.8) is 0 Å². The van der Waals surface area contributed by atoms with Crippen LogP contribution in [0.4, 0.5) is 0 Å². The molecule has 0 spiro atoms. The van der Waals surface area contributed by atoms with Gasteiger partial charge in [-0.15, -0.1) is 0 Å². The van der Waals surface area contributed by atoms with E-state index in [4.69, 9.17) is 0 Å². The van der Waals surface area contributed by atoms with Gasteiger partial charge >= 0.3 is 0 Å². The lowest BCUT2D eigenvalue weighted by molar-refractivity contribution is 0.555. The molecule has 0 aliphatic carbocycles. The number of aromatic nitrogens is 2. The molecule has 2 rings (SSSR count). The standard InChI is InChI=1S/C14H18BrN3/c1-11(12-4-2-5-13(15)10-12)16-7-3-6-14-17-8-9-18-14/h2,4-5,8-11,16H,3,6-7H2,1H3,(H,17,18). The third-order valence-electron chi connectivity index (χ3n) is 2.94. The van der Waals surface area contributed by atoms with Crippen LogP contribution in [0.5, 0.6) is 0 Å². The second-order valence-electron chi connectivity index (χ2n) is 4.37. The van der Waals surface area contributed by atoms with E-state index in [2.05, 4.69) is 56.3 Å². The fourth-order valence-corrected chi connectivity index (χ4v) is 2.32. The summed E-state index contributed by atoms with van der Waals surface area (Å²) in [6, 6.07) is 8.80. The lowest BCUT2D eigenvalue weighted by Crippen LogP contribution is -2.20. The fourth-order valence-electron chi connectivity index (χ4n) is 1.90. The number of halogens is 1. The second kappa shape index (κ2) is 6.71. The highest BCUT2D eigenvalue weighted by Crippen LogP contribution is 2.17. The molecule has 0 fully saturated rings. The molecule has 1 aromatic heterocycles. The molecule has 1 unspecified atom stereocenters. The number of nitrogens with zero attached hydrogens (tertiary/aromatic N) is 1. The van der Waals surface area contributed by atoms with Crippen molar-refractivity contribution in [1.82, 2.24) is 15.3 Å². The van der Waals surface area contributed by atoms with Crippen LogP contribution in [0.25, 0.3) is 0 Å². The van der Waals surface area contributed by atoms with Crippen LogP contribution in [0.2, 0.25) is 0 Å². The molecule has 2 aromatic rings. The smallest absolute Gasteiger partial charge is 0.106 e. The Hall–Kier alpha value is -1.13. The van der Waals surface area contributed by atoms with E-state index in [1.807, 2.05) is 12.3 Å². The van der Waals surface area contributed by atoms with Crippen molar-refractivity contribution in [2.75, 3.05) is 6.54 Å². The maximum absolute atomic E-state index is 4.21. The predicted molar refractivity (Wildman–Crippen MR) is 77.5 cm³/mol. The zero-order valence-corrected chi connectivity index (χ0v) is 12.1. The van der Waals surface area contributed by atoms with Gasteiger partial charge in [0.25, 0.3) is 0 Å². The summed E-state index contributed by atoms with van der Waals surface area (Å²) in [6.45, 7) is 3.18. The highest BCUT2D eigenvalue weighted by Gasteiger charge is 2.04. The first kappa shape index (κ1) is 13.3. The SMILES string of the molecule is CC(NCCCc1ncc[nH]1)c1cccc(Br)c1. The van der Waals surface area contributed by atoms with Gasteiger partial charge in [0.2, 0.25) is 0 Å². The van der Waals surface area contributed by atoms with Gasteiger partial charge in [0.05, 0.1) is 0 Å². The monoisotopic (exact) mass is 307 g/mol. The van der Waals surface area contributed by atoms with Gasteiger partial charge in [0.15, 0.2) is 0 Å². The average molecular weight is 308 g/mol. The Morgan fingerprint density at radius 2 is 2.33 bits per heavy atom. The van der Waals surface area contributed by atoms with Crippen LogP contribution in [0.1, 0.15) is 30.8 Å². The lowest BCUT2D eigenvalue weighted by atomic mass is 10.1. The summed E-state index contributed by atoms with van der Waals surface area (Å²) in [5.74, 6) is 1.06. The Labute approximate surface area is 116 Å². The molecule has 0 aliphatic heterocycles. The van der Waals surface area contributed by atoms with Crippen LogP contribution in [0, 0.1) is 0 Å². The number of benzene rings is 1. The first-order valence-electron chi connectivity index (χ1n) is 6.23. The Morgan fingerprint density at radius 1 is 1.44 bits per heavy atom. The maximum atomic E-state index is 4.21. The van der Waals surface area contributed by atoms with Gasteiger partial charge < -0.3 is 10.3 Å². The number of nitrogens with one attached hydrogen (secondary N) is 2. The van der Waals surface area contributed by atoms with Gasteiger partial charge in [-0.25, -0.2) is 4.98 Å². The van der Waals surface area contributed by atoms with E-state index in [9.17, 15) is 0 Å². The van der Waals surface area contributed by atoms with Gasteiger partial charge in [-0.3, -0.25) is 0 Å². The van der Waals surface area contributed by atoms with Crippen molar-refractivity contribution in [3.05, 3.63) is 52.5 Å².